The van der Waals surface area contributed by atoms with E-state index in [2.05, 4.69) is 16.8 Å². The summed E-state index contributed by atoms with van der Waals surface area (Å²) in [6.07, 6.45) is 6.07. The van der Waals surface area contributed by atoms with E-state index in [-0.39, 0.29) is 0 Å². The zero-order valence-electron chi connectivity index (χ0n) is 10.6. The molecule has 2 rings (SSSR count). The van der Waals surface area contributed by atoms with Gasteiger partial charge in [0, 0.05) is 30.6 Å². The first-order chi connectivity index (χ1) is 8.31. The van der Waals surface area contributed by atoms with Gasteiger partial charge in [-0.25, -0.2) is 4.98 Å². The van der Waals surface area contributed by atoms with Crippen molar-refractivity contribution in [3.63, 3.8) is 0 Å². The summed E-state index contributed by atoms with van der Waals surface area (Å²) in [5.41, 5.74) is 3.12. The highest BCUT2D eigenvalue weighted by Crippen LogP contribution is 2.25. The van der Waals surface area contributed by atoms with Crippen molar-refractivity contribution in [2.75, 3.05) is 19.7 Å². The van der Waals surface area contributed by atoms with Crippen LogP contribution in [0.2, 0.25) is 0 Å². The number of thiazole rings is 1. The van der Waals surface area contributed by atoms with Crippen molar-refractivity contribution < 1.29 is 5.11 Å². The van der Waals surface area contributed by atoms with E-state index in [1.165, 1.54) is 29.8 Å². The maximum Gasteiger partial charge on any atom is 0.0797 e. The first-order valence-corrected chi connectivity index (χ1v) is 7.43. The minimum Gasteiger partial charge on any atom is -0.396 e. The van der Waals surface area contributed by atoms with Crippen molar-refractivity contribution in [2.24, 2.45) is 0 Å². The molecule has 0 atom stereocenters. The molecule has 1 saturated carbocycles. The molecule has 0 radical (unpaired) electrons. The standard InChI is InChI=1S/C13H22N2OS/c1-11-13(17-10-14-11)6-8-15(7-3-9-16)12-4-2-5-12/h10,12,16H,2-9H2,1H3. The van der Waals surface area contributed by atoms with Gasteiger partial charge in [0.2, 0.25) is 0 Å². The van der Waals surface area contributed by atoms with E-state index in [9.17, 15) is 0 Å². The Balaban J connectivity index is 1.82. The highest BCUT2D eigenvalue weighted by atomic mass is 32.1. The summed E-state index contributed by atoms with van der Waals surface area (Å²) in [6.45, 7) is 4.56. The van der Waals surface area contributed by atoms with Crippen molar-refractivity contribution in [1.82, 2.24) is 9.88 Å². The van der Waals surface area contributed by atoms with Crippen molar-refractivity contribution in [2.45, 2.75) is 45.1 Å². The number of hydrogen-bond acceptors (Lipinski definition) is 4. The predicted octanol–water partition coefficient (Wildman–Crippen LogP) is 2.23. The van der Waals surface area contributed by atoms with Crippen LogP contribution >= 0.6 is 11.3 Å². The molecule has 1 aromatic heterocycles. The summed E-state index contributed by atoms with van der Waals surface area (Å²) in [5, 5.41) is 8.95. The summed E-state index contributed by atoms with van der Waals surface area (Å²) in [5.74, 6) is 0. The molecule has 0 saturated heterocycles. The summed E-state index contributed by atoms with van der Waals surface area (Å²) >= 11 is 1.77. The topological polar surface area (TPSA) is 36.4 Å². The molecule has 1 N–H and O–H groups in total. The second-order valence-corrected chi connectivity index (χ2v) is 5.75. The van der Waals surface area contributed by atoms with Crippen LogP contribution in [0.25, 0.3) is 0 Å². The first kappa shape index (κ1) is 13.0. The minimum atomic E-state index is 0.308. The molecule has 3 nitrogen and oxygen atoms in total. The molecule has 0 spiro atoms. The van der Waals surface area contributed by atoms with E-state index in [1.807, 2.05) is 5.51 Å². The van der Waals surface area contributed by atoms with Crippen LogP contribution in [0.5, 0.6) is 0 Å². The molecule has 0 amide bonds. The Kier molecular flexibility index (Phi) is 4.95. The molecule has 1 fully saturated rings. The van der Waals surface area contributed by atoms with E-state index in [0.29, 0.717) is 6.61 Å². The number of hydrogen-bond donors (Lipinski definition) is 1. The van der Waals surface area contributed by atoms with Gasteiger partial charge in [-0.1, -0.05) is 6.42 Å². The number of aliphatic hydroxyl groups excluding tert-OH is 1. The molecular weight excluding hydrogens is 232 g/mol. The quantitative estimate of drug-likeness (QED) is 0.810. The SMILES string of the molecule is Cc1ncsc1CCN(CCCO)C1CCC1. The summed E-state index contributed by atoms with van der Waals surface area (Å²) in [7, 11) is 0. The van der Waals surface area contributed by atoms with Crippen LogP contribution in [0.15, 0.2) is 5.51 Å². The van der Waals surface area contributed by atoms with Gasteiger partial charge in [0.1, 0.15) is 0 Å². The summed E-state index contributed by atoms with van der Waals surface area (Å²) in [6, 6.07) is 0.773. The van der Waals surface area contributed by atoms with Gasteiger partial charge in [-0.2, -0.15) is 0 Å². The van der Waals surface area contributed by atoms with E-state index in [1.54, 1.807) is 11.3 Å². The molecule has 1 aliphatic carbocycles. The third-order valence-electron chi connectivity index (χ3n) is 3.67. The molecule has 0 unspecified atom stereocenters. The van der Waals surface area contributed by atoms with Gasteiger partial charge in [0.05, 0.1) is 11.2 Å². The fraction of sp³-hybridized carbons (Fsp3) is 0.769. The van der Waals surface area contributed by atoms with Crippen LogP contribution in [0.4, 0.5) is 0 Å². The normalized spacial score (nSPS) is 16.4. The molecule has 4 heteroatoms. The molecular formula is C13H22N2OS. The van der Waals surface area contributed by atoms with Crippen molar-refractivity contribution in [1.29, 1.82) is 0 Å². The molecule has 1 heterocycles. The Bertz CT molecular complexity index is 336. The lowest BCUT2D eigenvalue weighted by molar-refractivity contribution is 0.118. The van der Waals surface area contributed by atoms with E-state index >= 15 is 0 Å². The Morgan fingerprint density at radius 2 is 2.29 bits per heavy atom. The number of aromatic nitrogens is 1. The number of rotatable bonds is 7. The second kappa shape index (κ2) is 6.47. The van der Waals surface area contributed by atoms with Crippen LogP contribution < -0.4 is 0 Å². The van der Waals surface area contributed by atoms with Crippen LogP contribution in [0.3, 0.4) is 0 Å². The van der Waals surface area contributed by atoms with Gasteiger partial charge in [-0.05, 0) is 32.6 Å². The summed E-state index contributed by atoms with van der Waals surface area (Å²) < 4.78 is 0. The predicted molar refractivity (Wildman–Crippen MR) is 71.5 cm³/mol. The van der Waals surface area contributed by atoms with Crippen LogP contribution in [0.1, 0.15) is 36.3 Å². The lowest BCUT2D eigenvalue weighted by Gasteiger charge is -2.37. The number of aliphatic hydroxyl groups is 1. The van der Waals surface area contributed by atoms with Gasteiger partial charge < -0.3 is 5.11 Å². The fourth-order valence-electron chi connectivity index (χ4n) is 2.31. The van der Waals surface area contributed by atoms with Crippen molar-refractivity contribution >= 4 is 11.3 Å². The van der Waals surface area contributed by atoms with Gasteiger partial charge >= 0.3 is 0 Å². The minimum absolute atomic E-state index is 0.308. The largest absolute Gasteiger partial charge is 0.396 e. The first-order valence-electron chi connectivity index (χ1n) is 6.55. The Morgan fingerprint density at radius 3 is 2.82 bits per heavy atom. The Hall–Kier alpha value is -0.450. The molecule has 0 aliphatic heterocycles. The smallest absolute Gasteiger partial charge is 0.0797 e. The van der Waals surface area contributed by atoms with E-state index in [4.69, 9.17) is 5.11 Å². The maximum atomic E-state index is 8.95. The molecule has 0 aromatic carbocycles. The number of nitrogens with zero attached hydrogens (tertiary/aromatic N) is 2. The molecule has 1 aromatic rings. The average Bonchev–Trinajstić information content (AvgIpc) is 2.65. The molecule has 17 heavy (non-hydrogen) atoms. The van der Waals surface area contributed by atoms with Gasteiger partial charge in [-0.3, -0.25) is 4.90 Å². The molecule has 0 bridgehead atoms. The highest BCUT2D eigenvalue weighted by molar-refractivity contribution is 7.09. The lowest BCUT2D eigenvalue weighted by atomic mass is 9.91. The summed E-state index contributed by atoms with van der Waals surface area (Å²) in [4.78, 5) is 8.27. The van der Waals surface area contributed by atoms with E-state index in [0.717, 1.165) is 32.0 Å². The molecule has 96 valence electrons. The third kappa shape index (κ3) is 3.50. The zero-order chi connectivity index (χ0) is 12.1. The second-order valence-electron chi connectivity index (χ2n) is 4.81. The lowest BCUT2D eigenvalue weighted by Crippen LogP contribution is -2.42. The Morgan fingerprint density at radius 1 is 1.47 bits per heavy atom. The van der Waals surface area contributed by atoms with Crippen LogP contribution in [-0.2, 0) is 6.42 Å². The van der Waals surface area contributed by atoms with Gasteiger partial charge in [0.15, 0.2) is 0 Å². The van der Waals surface area contributed by atoms with Crippen molar-refractivity contribution in [3.8, 4) is 0 Å². The van der Waals surface area contributed by atoms with Gasteiger partial charge in [-0.15, -0.1) is 11.3 Å². The molecule has 1 aliphatic rings. The average molecular weight is 254 g/mol. The van der Waals surface area contributed by atoms with Crippen LogP contribution in [0, 0.1) is 6.92 Å². The third-order valence-corrected chi connectivity index (χ3v) is 4.66. The highest BCUT2D eigenvalue weighted by Gasteiger charge is 2.24. The fourth-order valence-corrected chi connectivity index (χ4v) is 3.08. The van der Waals surface area contributed by atoms with E-state index < -0.39 is 0 Å². The maximum absolute atomic E-state index is 8.95. The van der Waals surface area contributed by atoms with Crippen LogP contribution in [-0.4, -0.2) is 40.7 Å². The zero-order valence-corrected chi connectivity index (χ0v) is 11.4. The Labute approximate surface area is 107 Å². The van der Waals surface area contributed by atoms with Crippen molar-refractivity contribution in [3.05, 3.63) is 16.1 Å². The number of aryl methyl sites for hydroxylation is 1. The van der Waals surface area contributed by atoms with Gasteiger partial charge in [0.25, 0.3) is 0 Å². The monoisotopic (exact) mass is 254 g/mol.